The van der Waals surface area contributed by atoms with Gasteiger partial charge >= 0.3 is 0 Å². The summed E-state index contributed by atoms with van der Waals surface area (Å²) in [5, 5.41) is 11.3. The molecule has 1 N–H and O–H groups in total. The van der Waals surface area contributed by atoms with Crippen molar-refractivity contribution in [1.82, 2.24) is 0 Å². The third kappa shape index (κ3) is 3.12. The lowest BCUT2D eigenvalue weighted by Gasteiger charge is -2.23. The molecule has 0 bridgehead atoms. The number of amides is 1. The van der Waals surface area contributed by atoms with E-state index >= 15 is 0 Å². The number of hydrogen-bond donors (Lipinski definition) is 1. The second-order valence-electron chi connectivity index (χ2n) is 7.22. The Hall–Kier alpha value is -3.24. The molecular formula is C24H21NO3. The first-order chi connectivity index (χ1) is 13.5. The molecule has 1 aliphatic rings. The molecular weight excluding hydrogens is 350 g/mol. The fourth-order valence-electron chi connectivity index (χ4n) is 3.75. The minimum absolute atomic E-state index is 0.254. The number of ketones is 1. The number of fused-ring (bicyclic) bond motifs is 1. The molecule has 0 saturated carbocycles. The molecule has 1 aliphatic heterocycles. The lowest BCUT2D eigenvalue weighted by Crippen LogP contribution is -2.41. The van der Waals surface area contributed by atoms with Crippen LogP contribution >= 0.6 is 0 Å². The van der Waals surface area contributed by atoms with Gasteiger partial charge in [-0.1, -0.05) is 72.3 Å². The molecule has 0 spiro atoms. The number of Topliss-reactive ketones (excluding diaryl/α,β-unsaturated/α-hetero) is 1. The fraction of sp³-hybridized carbons (Fsp3) is 0.167. The van der Waals surface area contributed by atoms with Gasteiger partial charge in [-0.25, -0.2) is 0 Å². The third-order valence-corrected chi connectivity index (χ3v) is 5.18. The SMILES string of the molecule is Cc1cccc(C(=O)CC2(O)C(=O)N(Cc3ccccc3)c3ccccc32)c1. The van der Waals surface area contributed by atoms with Crippen molar-refractivity contribution >= 4 is 17.4 Å². The second-order valence-corrected chi connectivity index (χ2v) is 7.22. The number of carbonyl (C=O) groups excluding carboxylic acids is 2. The lowest BCUT2D eigenvalue weighted by molar-refractivity contribution is -0.136. The molecule has 4 rings (SSSR count). The number of anilines is 1. The topological polar surface area (TPSA) is 57.6 Å². The fourth-order valence-corrected chi connectivity index (χ4v) is 3.75. The Kier molecular flexibility index (Phi) is 4.57. The maximum atomic E-state index is 13.2. The summed E-state index contributed by atoms with van der Waals surface area (Å²) in [6.45, 7) is 2.25. The molecule has 4 nitrogen and oxygen atoms in total. The molecule has 140 valence electrons. The van der Waals surface area contributed by atoms with Gasteiger partial charge in [-0.05, 0) is 24.6 Å². The molecule has 4 heteroatoms. The maximum Gasteiger partial charge on any atom is 0.264 e. The van der Waals surface area contributed by atoms with Gasteiger partial charge in [-0.15, -0.1) is 0 Å². The lowest BCUT2D eigenvalue weighted by atomic mass is 9.88. The zero-order valence-electron chi connectivity index (χ0n) is 15.6. The Bertz CT molecular complexity index is 1040. The minimum atomic E-state index is -1.85. The van der Waals surface area contributed by atoms with Crippen molar-refractivity contribution in [3.8, 4) is 0 Å². The maximum absolute atomic E-state index is 13.2. The van der Waals surface area contributed by atoms with Crippen molar-refractivity contribution in [3.63, 3.8) is 0 Å². The average Bonchev–Trinajstić information content (AvgIpc) is 2.91. The highest BCUT2D eigenvalue weighted by molar-refractivity contribution is 6.10. The standard InChI is InChI=1S/C24H21NO3/c1-17-8-7-11-19(14-17)22(26)15-24(28)20-12-5-6-13-21(20)25(23(24)27)16-18-9-3-2-4-10-18/h2-14,28H,15-16H2,1H3. The van der Waals surface area contributed by atoms with Crippen LogP contribution in [0.3, 0.4) is 0 Å². The van der Waals surface area contributed by atoms with Crippen LogP contribution in [0.2, 0.25) is 0 Å². The van der Waals surface area contributed by atoms with E-state index in [0.29, 0.717) is 23.4 Å². The highest BCUT2D eigenvalue weighted by atomic mass is 16.3. The van der Waals surface area contributed by atoms with Gasteiger partial charge in [0.2, 0.25) is 0 Å². The third-order valence-electron chi connectivity index (χ3n) is 5.18. The quantitative estimate of drug-likeness (QED) is 0.690. The molecule has 1 amide bonds. The van der Waals surface area contributed by atoms with Crippen molar-refractivity contribution in [2.45, 2.75) is 25.5 Å². The van der Waals surface area contributed by atoms with E-state index in [2.05, 4.69) is 0 Å². The van der Waals surface area contributed by atoms with Crippen molar-refractivity contribution in [3.05, 3.63) is 101 Å². The Balaban J connectivity index is 1.68. The summed E-state index contributed by atoms with van der Waals surface area (Å²) in [6.07, 6.45) is -0.280. The van der Waals surface area contributed by atoms with Crippen LogP contribution in [0, 0.1) is 6.92 Å². The first-order valence-corrected chi connectivity index (χ1v) is 9.27. The van der Waals surface area contributed by atoms with E-state index in [1.807, 2.05) is 55.5 Å². The smallest absolute Gasteiger partial charge is 0.264 e. The van der Waals surface area contributed by atoms with Crippen LogP contribution in [-0.2, 0) is 16.9 Å². The van der Waals surface area contributed by atoms with Gasteiger partial charge in [0.05, 0.1) is 18.7 Å². The molecule has 0 fully saturated rings. The predicted octanol–water partition coefficient (Wildman–Crippen LogP) is 4.00. The van der Waals surface area contributed by atoms with E-state index in [0.717, 1.165) is 11.1 Å². The van der Waals surface area contributed by atoms with Crippen LogP contribution in [0.1, 0.15) is 33.5 Å². The molecule has 28 heavy (non-hydrogen) atoms. The molecule has 0 aromatic heterocycles. The molecule has 0 saturated heterocycles. The van der Waals surface area contributed by atoms with Gasteiger partial charge in [0.1, 0.15) is 0 Å². The van der Waals surface area contributed by atoms with E-state index in [-0.39, 0.29) is 12.2 Å². The van der Waals surface area contributed by atoms with Crippen LogP contribution in [0.15, 0.2) is 78.9 Å². The van der Waals surface area contributed by atoms with Crippen molar-refractivity contribution in [2.24, 2.45) is 0 Å². The number of aryl methyl sites for hydroxylation is 1. The summed E-state index contributed by atoms with van der Waals surface area (Å²) in [7, 11) is 0. The number of carbonyl (C=O) groups is 2. The van der Waals surface area contributed by atoms with E-state index in [1.54, 1.807) is 35.2 Å². The van der Waals surface area contributed by atoms with Crippen molar-refractivity contribution in [2.75, 3.05) is 4.90 Å². The number of benzene rings is 3. The van der Waals surface area contributed by atoms with Crippen molar-refractivity contribution in [1.29, 1.82) is 0 Å². The molecule has 0 radical (unpaired) electrons. The van der Waals surface area contributed by atoms with Crippen LogP contribution in [0.4, 0.5) is 5.69 Å². The summed E-state index contributed by atoms with van der Waals surface area (Å²) in [4.78, 5) is 27.7. The second kappa shape index (κ2) is 7.06. The Morgan fingerprint density at radius 3 is 2.43 bits per heavy atom. The average molecular weight is 371 g/mol. The van der Waals surface area contributed by atoms with Gasteiger partial charge in [-0.2, -0.15) is 0 Å². The van der Waals surface area contributed by atoms with E-state index in [4.69, 9.17) is 0 Å². The molecule has 3 aromatic rings. The summed E-state index contributed by atoms with van der Waals surface area (Å²) >= 11 is 0. The van der Waals surface area contributed by atoms with Gasteiger partial charge in [0.25, 0.3) is 5.91 Å². The van der Waals surface area contributed by atoms with Crippen LogP contribution in [-0.4, -0.2) is 16.8 Å². The Morgan fingerprint density at radius 2 is 1.68 bits per heavy atom. The number of rotatable bonds is 5. The summed E-state index contributed by atoms with van der Waals surface area (Å²) in [6, 6.07) is 24.0. The Labute approximate surface area is 164 Å². The Morgan fingerprint density at radius 1 is 0.964 bits per heavy atom. The zero-order chi connectivity index (χ0) is 19.7. The zero-order valence-corrected chi connectivity index (χ0v) is 15.6. The van der Waals surface area contributed by atoms with Crippen LogP contribution in [0.25, 0.3) is 0 Å². The van der Waals surface area contributed by atoms with Gasteiger partial charge in [0.15, 0.2) is 11.4 Å². The molecule has 3 aromatic carbocycles. The highest BCUT2D eigenvalue weighted by Crippen LogP contribution is 2.43. The van der Waals surface area contributed by atoms with Gasteiger partial charge < -0.3 is 10.0 Å². The summed E-state index contributed by atoms with van der Waals surface area (Å²) in [5.74, 6) is -0.713. The van der Waals surface area contributed by atoms with Gasteiger partial charge in [-0.3, -0.25) is 9.59 Å². The number of nitrogens with zero attached hydrogens (tertiary/aromatic N) is 1. The predicted molar refractivity (Wildman–Crippen MR) is 108 cm³/mol. The molecule has 1 atom stereocenters. The monoisotopic (exact) mass is 371 g/mol. The van der Waals surface area contributed by atoms with E-state index in [9.17, 15) is 14.7 Å². The molecule has 1 unspecified atom stereocenters. The van der Waals surface area contributed by atoms with E-state index in [1.165, 1.54) is 0 Å². The first-order valence-electron chi connectivity index (χ1n) is 9.27. The first kappa shape index (κ1) is 18.1. The molecule has 0 aliphatic carbocycles. The number of aliphatic hydroxyl groups is 1. The van der Waals surface area contributed by atoms with Crippen molar-refractivity contribution < 1.29 is 14.7 Å². The minimum Gasteiger partial charge on any atom is -0.375 e. The summed E-state index contributed by atoms with van der Waals surface area (Å²) in [5.41, 5.74) is 1.70. The van der Waals surface area contributed by atoms with Crippen LogP contribution in [0.5, 0.6) is 0 Å². The normalized spacial score (nSPS) is 18.2. The number of hydrogen-bond acceptors (Lipinski definition) is 3. The summed E-state index contributed by atoms with van der Waals surface area (Å²) < 4.78 is 0. The largest absolute Gasteiger partial charge is 0.375 e. The van der Waals surface area contributed by atoms with E-state index < -0.39 is 11.5 Å². The number of para-hydroxylation sites is 1. The van der Waals surface area contributed by atoms with Crippen LogP contribution < -0.4 is 4.90 Å². The van der Waals surface area contributed by atoms with Gasteiger partial charge in [0, 0.05) is 11.1 Å². The molecule has 1 heterocycles. The highest BCUT2D eigenvalue weighted by Gasteiger charge is 2.50.